The van der Waals surface area contributed by atoms with Gasteiger partial charge in [0, 0.05) is 6.07 Å². The second-order valence-electron chi connectivity index (χ2n) is 5.86. The summed E-state index contributed by atoms with van der Waals surface area (Å²) in [4.78, 5) is 22.8. The molecule has 8 nitrogen and oxygen atoms in total. The summed E-state index contributed by atoms with van der Waals surface area (Å²) in [5.41, 5.74) is 1.76. The van der Waals surface area contributed by atoms with Crippen LogP contribution in [0.2, 0.25) is 0 Å². The maximum Gasteiger partial charge on any atom is 0.274 e. The number of rotatable bonds is 6. The van der Waals surface area contributed by atoms with Crippen molar-refractivity contribution in [2.45, 2.75) is 13.8 Å². The summed E-state index contributed by atoms with van der Waals surface area (Å²) in [6.45, 7) is 2.94. The van der Waals surface area contributed by atoms with Crippen LogP contribution in [-0.2, 0) is 14.8 Å². The van der Waals surface area contributed by atoms with Gasteiger partial charge in [0.25, 0.3) is 5.69 Å². The molecule has 1 N–H and O–H groups in total. The van der Waals surface area contributed by atoms with E-state index in [4.69, 9.17) is 0 Å². The van der Waals surface area contributed by atoms with E-state index in [9.17, 15) is 23.3 Å². The van der Waals surface area contributed by atoms with Crippen molar-refractivity contribution in [2.24, 2.45) is 0 Å². The minimum atomic E-state index is -3.69. The smallest absolute Gasteiger partial charge is 0.274 e. The molecule has 2 aromatic rings. The quantitative estimate of drug-likeness (QED) is 0.615. The Morgan fingerprint density at radius 1 is 1.15 bits per heavy atom. The summed E-state index contributed by atoms with van der Waals surface area (Å²) in [6.07, 6.45) is 1.01. The predicted octanol–water partition coefficient (Wildman–Crippen LogP) is 2.62. The van der Waals surface area contributed by atoms with Crippen molar-refractivity contribution < 1.29 is 18.1 Å². The molecule has 26 heavy (non-hydrogen) atoms. The number of nitro groups is 1. The van der Waals surface area contributed by atoms with Crippen LogP contribution in [0, 0.1) is 24.0 Å². The lowest BCUT2D eigenvalue weighted by molar-refractivity contribution is -0.385. The molecule has 138 valence electrons. The molecule has 0 bridgehead atoms. The zero-order chi connectivity index (χ0) is 19.5. The Hall–Kier alpha value is -2.94. The van der Waals surface area contributed by atoms with E-state index < -0.39 is 27.4 Å². The summed E-state index contributed by atoms with van der Waals surface area (Å²) in [5.74, 6) is -0.598. The van der Waals surface area contributed by atoms with Gasteiger partial charge in [-0.1, -0.05) is 23.8 Å². The van der Waals surface area contributed by atoms with Crippen molar-refractivity contribution in [2.75, 3.05) is 22.4 Å². The van der Waals surface area contributed by atoms with Crippen molar-refractivity contribution in [3.05, 3.63) is 63.7 Å². The number of sulfonamides is 1. The third-order valence-electron chi connectivity index (χ3n) is 3.79. The van der Waals surface area contributed by atoms with E-state index in [1.807, 2.05) is 6.92 Å². The normalized spacial score (nSPS) is 11.0. The Labute approximate surface area is 151 Å². The van der Waals surface area contributed by atoms with E-state index in [1.165, 1.54) is 25.1 Å². The second kappa shape index (κ2) is 7.52. The molecule has 0 aliphatic heterocycles. The van der Waals surface area contributed by atoms with E-state index in [2.05, 4.69) is 5.32 Å². The Morgan fingerprint density at radius 2 is 1.77 bits per heavy atom. The largest absolute Gasteiger partial charge is 0.324 e. The number of amides is 1. The van der Waals surface area contributed by atoms with E-state index in [1.54, 1.807) is 24.3 Å². The summed E-state index contributed by atoms with van der Waals surface area (Å²) in [5, 5.41) is 13.5. The van der Waals surface area contributed by atoms with Crippen molar-refractivity contribution in [1.29, 1.82) is 0 Å². The van der Waals surface area contributed by atoms with Crippen LogP contribution >= 0.6 is 0 Å². The van der Waals surface area contributed by atoms with Crippen LogP contribution in [0.25, 0.3) is 0 Å². The number of nitro benzene ring substituents is 1. The zero-order valence-electron chi connectivity index (χ0n) is 14.6. The van der Waals surface area contributed by atoms with Crippen LogP contribution in [0.3, 0.4) is 0 Å². The van der Waals surface area contributed by atoms with Crippen molar-refractivity contribution in [3.63, 3.8) is 0 Å². The lowest BCUT2D eigenvalue weighted by Gasteiger charge is -2.22. The number of hydrogen-bond acceptors (Lipinski definition) is 5. The van der Waals surface area contributed by atoms with Gasteiger partial charge in [-0.15, -0.1) is 0 Å². The molecule has 0 aromatic heterocycles. The van der Waals surface area contributed by atoms with Crippen LogP contribution in [0.4, 0.5) is 17.1 Å². The van der Waals surface area contributed by atoms with Gasteiger partial charge in [0.05, 0.1) is 28.1 Å². The minimum absolute atomic E-state index is 0.124. The molecule has 1 amide bonds. The molecular formula is C17H19N3O5S. The highest BCUT2D eigenvalue weighted by Gasteiger charge is 2.22. The van der Waals surface area contributed by atoms with Gasteiger partial charge in [-0.05, 0) is 32.0 Å². The van der Waals surface area contributed by atoms with E-state index >= 15 is 0 Å². The fourth-order valence-electron chi connectivity index (χ4n) is 2.39. The first-order valence-corrected chi connectivity index (χ1v) is 9.52. The predicted molar refractivity (Wildman–Crippen MR) is 99.8 cm³/mol. The van der Waals surface area contributed by atoms with Gasteiger partial charge in [-0.2, -0.15) is 0 Å². The van der Waals surface area contributed by atoms with Crippen LogP contribution in [0.15, 0.2) is 42.5 Å². The number of nitrogens with one attached hydrogen (secondary N) is 1. The third kappa shape index (κ3) is 4.57. The minimum Gasteiger partial charge on any atom is -0.324 e. The molecule has 2 rings (SSSR count). The summed E-state index contributed by atoms with van der Waals surface area (Å²) < 4.78 is 25.1. The first-order valence-electron chi connectivity index (χ1n) is 7.68. The van der Waals surface area contributed by atoms with E-state index in [0.717, 1.165) is 16.1 Å². The van der Waals surface area contributed by atoms with Crippen molar-refractivity contribution >= 4 is 33.0 Å². The Balaban J connectivity index is 2.25. The number of hydrogen-bond donors (Lipinski definition) is 1. The van der Waals surface area contributed by atoms with Crippen LogP contribution in [0.5, 0.6) is 0 Å². The molecule has 0 heterocycles. The fourth-order valence-corrected chi connectivity index (χ4v) is 3.24. The topological polar surface area (TPSA) is 110 Å². The van der Waals surface area contributed by atoms with Gasteiger partial charge in [0.1, 0.15) is 6.54 Å². The number of benzene rings is 2. The van der Waals surface area contributed by atoms with Gasteiger partial charge in [0.15, 0.2) is 0 Å². The summed E-state index contributed by atoms with van der Waals surface area (Å²) in [7, 11) is -3.69. The van der Waals surface area contributed by atoms with Gasteiger partial charge in [-0.3, -0.25) is 19.2 Å². The number of nitrogens with zero attached hydrogens (tertiary/aromatic N) is 2. The molecule has 0 atom stereocenters. The maximum atomic E-state index is 12.4. The molecule has 0 spiro atoms. The van der Waals surface area contributed by atoms with Crippen molar-refractivity contribution in [1.82, 2.24) is 0 Å². The van der Waals surface area contributed by atoms with Crippen LogP contribution < -0.4 is 9.62 Å². The number of anilines is 2. The molecule has 0 unspecified atom stereocenters. The van der Waals surface area contributed by atoms with Crippen molar-refractivity contribution in [3.8, 4) is 0 Å². The molecule has 0 fully saturated rings. The molecule has 2 aromatic carbocycles. The molecule has 0 aliphatic carbocycles. The Kier molecular flexibility index (Phi) is 5.61. The molecule has 0 aliphatic rings. The van der Waals surface area contributed by atoms with Gasteiger partial charge >= 0.3 is 0 Å². The third-order valence-corrected chi connectivity index (χ3v) is 4.93. The number of carbonyl (C=O) groups is 1. The fraction of sp³-hybridized carbons (Fsp3) is 0.235. The second-order valence-corrected chi connectivity index (χ2v) is 7.77. The van der Waals surface area contributed by atoms with Crippen LogP contribution in [-0.4, -0.2) is 32.0 Å². The lowest BCUT2D eigenvalue weighted by atomic mass is 10.1. The summed E-state index contributed by atoms with van der Waals surface area (Å²) in [6, 6.07) is 11.0. The molecule has 9 heteroatoms. The highest BCUT2D eigenvalue weighted by molar-refractivity contribution is 7.92. The Bertz CT molecular complexity index is 939. The summed E-state index contributed by atoms with van der Waals surface area (Å²) >= 11 is 0. The Morgan fingerprint density at radius 3 is 2.31 bits per heavy atom. The monoisotopic (exact) mass is 377 g/mol. The molecular weight excluding hydrogens is 358 g/mol. The standard InChI is InChI=1S/C17H19N3O5S/c1-12-7-9-14(10-8-12)19(26(3,24)25)11-17(21)18-15-5-4-6-16(13(15)2)20(22)23/h4-10H,11H2,1-3H3,(H,18,21). The first kappa shape index (κ1) is 19.4. The highest BCUT2D eigenvalue weighted by Crippen LogP contribution is 2.25. The average molecular weight is 377 g/mol. The first-order chi connectivity index (χ1) is 12.1. The van der Waals surface area contributed by atoms with Gasteiger partial charge < -0.3 is 5.32 Å². The maximum absolute atomic E-state index is 12.4. The van der Waals surface area contributed by atoms with Gasteiger partial charge in [0.2, 0.25) is 15.9 Å². The number of aryl methyl sites for hydroxylation is 1. The molecule has 0 radical (unpaired) electrons. The molecule has 0 saturated carbocycles. The lowest BCUT2D eigenvalue weighted by Crippen LogP contribution is -2.37. The average Bonchev–Trinajstić information content (AvgIpc) is 2.54. The van der Waals surface area contributed by atoms with Crippen LogP contribution in [0.1, 0.15) is 11.1 Å². The number of carbonyl (C=O) groups excluding carboxylic acids is 1. The zero-order valence-corrected chi connectivity index (χ0v) is 15.4. The molecule has 0 saturated heterocycles. The van der Waals surface area contributed by atoms with Gasteiger partial charge in [-0.25, -0.2) is 8.42 Å². The highest BCUT2D eigenvalue weighted by atomic mass is 32.2. The van der Waals surface area contributed by atoms with E-state index in [-0.39, 0.29) is 11.4 Å². The van der Waals surface area contributed by atoms with E-state index in [0.29, 0.717) is 11.3 Å². The SMILES string of the molecule is Cc1ccc(N(CC(=O)Nc2cccc([N+](=O)[O-])c2C)S(C)(=O)=O)cc1.